The number of ether oxygens (including phenoxy) is 1. The third-order valence-corrected chi connectivity index (χ3v) is 4.49. The Morgan fingerprint density at radius 3 is 2.94 bits per heavy atom. The molecular formula is C13H24N2O. The van der Waals surface area contributed by atoms with Crippen LogP contribution in [0.25, 0.3) is 0 Å². The SMILES string of the molecule is C1CCC(CNC2CCN3CCCC23)OC1. The fraction of sp³-hybridized carbons (Fsp3) is 1.00. The van der Waals surface area contributed by atoms with Crippen LogP contribution in [0.15, 0.2) is 0 Å². The van der Waals surface area contributed by atoms with Gasteiger partial charge in [0.25, 0.3) is 0 Å². The Balaban J connectivity index is 1.44. The molecule has 0 aromatic heterocycles. The number of rotatable bonds is 3. The summed E-state index contributed by atoms with van der Waals surface area (Å²) in [6, 6.07) is 1.58. The van der Waals surface area contributed by atoms with Gasteiger partial charge in [-0.3, -0.25) is 4.90 Å². The van der Waals surface area contributed by atoms with Crippen molar-refractivity contribution in [3.63, 3.8) is 0 Å². The molecule has 0 amide bonds. The Labute approximate surface area is 98.5 Å². The van der Waals surface area contributed by atoms with Crippen molar-refractivity contribution in [2.75, 3.05) is 26.2 Å². The molecule has 0 aromatic rings. The molecular weight excluding hydrogens is 200 g/mol. The molecule has 16 heavy (non-hydrogen) atoms. The lowest BCUT2D eigenvalue weighted by Crippen LogP contribution is -2.43. The zero-order valence-corrected chi connectivity index (χ0v) is 10.2. The molecule has 0 saturated carbocycles. The van der Waals surface area contributed by atoms with Crippen LogP contribution < -0.4 is 5.32 Å². The summed E-state index contributed by atoms with van der Waals surface area (Å²) in [4.78, 5) is 2.67. The molecule has 3 atom stereocenters. The van der Waals surface area contributed by atoms with Crippen molar-refractivity contribution in [3.05, 3.63) is 0 Å². The first kappa shape index (κ1) is 11.0. The average molecular weight is 224 g/mol. The van der Waals surface area contributed by atoms with Gasteiger partial charge in [0.05, 0.1) is 6.10 Å². The minimum absolute atomic E-state index is 0.490. The van der Waals surface area contributed by atoms with E-state index in [-0.39, 0.29) is 0 Å². The first-order valence-electron chi connectivity index (χ1n) is 7.02. The lowest BCUT2D eigenvalue weighted by molar-refractivity contribution is 0.0149. The van der Waals surface area contributed by atoms with Crippen molar-refractivity contribution < 1.29 is 4.74 Å². The zero-order chi connectivity index (χ0) is 10.8. The van der Waals surface area contributed by atoms with Gasteiger partial charge in [-0.05, 0) is 45.1 Å². The van der Waals surface area contributed by atoms with Crippen LogP contribution in [0.5, 0.6) is 0 Å². The van der Waals surface area contributed by atoms with E-state index >= 15 is 0 Å². The predicted molar refractivity (Wildman–Crippen MR) is 64.6 cm³/mol. The number of nitrogens with zero attached hydrogens (tertiary/aromatic N) is 1. The molecule has 3 aliphatic heterocycles. The first-order valence-corrected chi connectivity index (χ1v) is 7.02. The first-order chi connectivity index (χ1) is 7.93. The normalized spacial score (nSPS) is 40.1. The second kappa shape index (κ2) is 5.03. The van der Waals surface area contributed by atoms with Crippen molar-refractivity contribution in [2.45, 2.75) is 56.7 Å². The molecule has 3 aliphatic rings. The van der Waals surface area contributed by atoms with E-state index in [1.807, 2.05) is 0 Å². The topological polar surface area (TPSA) is 24.5 Å². The summed E-state index contributed by atoms with van der Waals surface area (Å²) in [5, 5.41) is 3.76. The Hall–Kier alpha value is -0.120. The minimum atomic E-state index is 0.490. The number of fused-ring (bicyclic) bond motifs is 1. The van der Waals surface area contributed by atoms with Gasteiger partial charge < -0.3 is 10.1 Å². The second-order valence-corrected chi connectivity index (χ2v) is 5.54. The van der Waals surface area contributed by atoms with Crippen molar-refractivity contribution >= 4 is 0 Å². The van der Waals surface area contributed by atoms with E-state index in [4.69, 9.17) is 4.74 Å². The Morgan fingerprint density at radius 1 is 1.06 bits per heavy atom. The average Bonchev–Trinajstić information content (AvgIpc) is 2.90. The van der Waals surface area contributed by atoms with Crippen LogP contribution in [0.2, 0.25) is 0 Å². The van der Waals surface area contributed by atoms with Gasteiger partial charge in [-0.1, -0.05) is 0 Å². The Kier molecular flexibility index (Phi) is 3.46. The van der Waals surface area contributed by atoms with Crippen LogP contribution >= 0.6 is 0 Å². The van der Waals surface area contributed by atoms with Crippen LogP contribution in [-0.4, -0.2) is 49.3 Å². The van der Waals surface area contributed by atoms with Gasteiger partial charge in [-0.25, -0.2) is 0 Å². The maximum Gasteiger partial charge on any atom is 0.0699 e. The lowest BCUT2D eigenvalue weighted by Gasteiger charge is -2.27. The van der Waals surface area contributed by atoms with Crippen LogP contribution in [0, 0.1) is 0 Å². The summed E-state index contributed by atoms with van der Waals surface area (Å²) in [7, 11) is 0. The van der Waals surface area contributed by atoms with Crippen LogP contribution in [0.4, 0.5) is 0 Å². The largest absolute Gasteiger partial charge is 0.377 e. The molecule has 0 aliphatic carbocycles. The molecule has 3 unspecified atom stereocenters. The van der Waals surface area contributed by atoms with Gasteiger partial charge in [0, 0.05) is 31.8 Å². The zero-order valence-electron chi connectivity index (χ0n) is 10.2. The molecule has 0 radical (unpaired) electrons. The standard InChI is InChI=1S/C13H24N2O/c1-2-9-16-11(4-1)10-14-12-6-8-15-7-3-5-13(12)15/h11-14H,1-10H2. The molecule has 3 heteroatoms. The van der Waals surface area contributed by atoms with Crippen LogP contribution in [0.1, 0.15) is 38.5 Å². The third-order valence-electron chi connectivity index (χ3n) is 4.49. The van der Waals surface area contributed by atoms with Crippen molar-refractivity contribution in [2.24, 2.45) is 0 Å². The Bertz CT molecular complexity index is 228. The van der Waals surface area contributed by atoms with E-state index in [1.54, 1.807) is 0 Å². The molecule has 3 rings (SSSR count). The number of hydrogen-bond acceptors (Lipinski definition) is 3. The predicted octanol–water partition coefficient (Wildman–Crippen LogP) is 1.38. The summed E-state index contributed by atoms with van der Waals surface area (Å²) < 4.78 is 5.77. The van der Waals surface area contributed by atoms with Crippen molar-refractivity contribution in [1.29, 1.82) is 0 Å². The lowest BCUT2D eigenvalue weighted by atomic mass is 10.1. The van der Waals surface area contributed by atoms with Gasteiger partial charge in [0.15, 0.2) is 0 Å². The second-order valence-electron chi connectivity index (χ2n) is 5.54. The third kappa shape index (κ3) is 2.27. The highest BCUT2D eigenvalue weighted by Gasteiger charge is 2.36. The highest BCUT2D eigenvalue weighted by atomic mass is 16.5. The number of nitrogens with one attached hydrogen (secondary N) is 1. The summed E-state index contributed by atoms with van der Waals surface area (Å²) in [6.07, 6.45) is 8.52. The van der Waals surface area contributed by atoms with Gasteiger partial charge in [0.2, 0.25) is 0 Å². The quantitative estimate of drug-likeness (QED) is 0.784. The molecule has 0 bridgehead atoms. The van der Waals surface area contributed by atoms with Gasteiger partial charge >= 0.3 is 0 Å². The van der Waals surface area contributed by atoms with E-state index < -0.39 is 0 Å². The fourth-order valence-corrected chi connectivity index (χ4v) is 3.57. The van der Waals surface area contributed by atoms with Crippen molar-refractivity contribution in [1.82, 2.24) is 10.2 Å². The van der Waals surface area contributed by atoms with E-state index in [2.05, 4.69) is 10.2 Å². The fourth-order valence-electron chi connectivity index (χ4n) is 3.57. The summed E-state index contributed by atoms with van der Waals surface area (Å²) in [5.74, 6) is 0. The maximum atomic E-state index is 5.77. The highest BCUT2D eigenvalue weighted by molar-refractivity contribution is 4.95. The van der Waals surface area contributed by atoms with Crippen LogP contribution in [0.3, 0.4) is 0 Å². The molecule has 92 valence electrons. The number of hydrogen-bond donors (Lipinski definition) is 1. The van der Waals surface area contributed by atoms with Gasteiger partial charge in [0.1, 0.15) is 0 Å². The molecule has 0 spiro atoms. The van der Waals surface area contributed by atoms with E-state index in [1.165, 1.54) is 51.6 Å². The molecule has 3 heterocycles. The van der Waals surface area contributed by atoms with Gasteiger partial charge in [-0.15, -0.1) is 0 Å². The molecule has 0 aromatic carbocycles. The summed E-state index contributed by atoms with van der Waals surface area (Å²) in [5.41, 5.74) is 0. The van der Waals surface area contributed by atoms with E-state index in [0.717, 1.165) is 25.2 Å². The summed E-state index contributed by atoms with van der Waals surface area (Å²) in [6.45, 7) is 4.71. The summed E-state index contributed by atoms with van der Waals surface area (Å²) >= 11 is 0. The van der Waals surface area contributed by atoms with E-state index in [9.17, 15) is 0 Å². The van der Waals surface area contributed by atoms with Gasteiger partial charge in [-0.2, -0.15) is 0 Å². The highest BCUT2D eigenvalue weighted by Crippen LogP contribution is 2.28. The van der Waals surface area contributed by atoms with Crippen molar-refractivity contribution in [3.8, 4) is 0 Å². The Morgan fingerprint density at radius 2 is 2.06 bits per heavy atom. The molecule has 3 nitrogen and oxygen atoms in total. The van der Waals surface area contributed by atoms with Crippen LogP contribution in [-0.2, 0) is 4.74 Å². The maximum absolute atomic E-state index is 5.77. The minimum Gasteiger partial charge on any atom is -0.377 e. The molecule has 3 fully saturated rings. The molecule has 3 saturated heterocycles. The molecule has 1 N–H and O–H groups in total. The smallest absolute Gasteiger partial charge is 0.0699 e. The van der Waals surface area contributed by atoms with E-state index in [0.29, 0.717) is 6.10 Å². The monoisotopic (exact) mass is 224 g/mol.